The molecule has 27 heavy (non-hydrogen) atoms. The van der Waals surface area contributed by atoms with Crippen LogP contribution < -0.4 is 4.74 Å². The molecule has 2 aliphatic rings. The summed E-state index contributed by atoms with van der Waals surface area (Å²) in [5, 5.41) is 10.7. The van der Waals surface area contributed by atoms with E-state index < -0.39 is 0 Å². The predicted molar refractivity (Wildman–Crippen MR) is 109 cm³/mol. The molecule has 0 bridgehead atoms. The van der Waals surface area contributed by atoms with E-state index in [4.69, 9.17) is 4.74 Å². The van der Waals surface area contributed by atoms with Crippen molar-refractivity contribution >= 4 is 11.3 Å². The SMILES string of the molecule is CCc1ccc(CN2C[C@H]3C[C@@H](Oc4ccc(C)nc4C)[C@H](O)C[C@H]3C2)s1. The van der Waals surface area contributed by atoms with Gasteiger partial charge in [-0.3, -0.25) is 9.88 Å². The third-order valence-corrected chi connectivity index (χ3v) is 7.27. The number of rotatable bonds is 5. The molecule has 4 nitrogen and oxygen atoms in total. The quantitative estimate of drug-likeness (QED) is 0.844. The molecule has 4 atom stereocenters. The van der Waals surface area contributed by atoms with Crippen LogP contribution in [-0.4, -0.2) is 40.3 Å². The van der Waals surface area contributed by atoms with Crippen molar-refractivity contribution in [3.8, 4) is 5.75 Å². The van der Waals surface area contributed by atoms with E-state index in [9.17, 15) is 5.11 Å². The van der Waals surface area contributed by atoms with Gasteiger partial charge in [-0.2, -0.15) is 0 Å². The zero-order valence-corrected chi connectivity index (χ0v) is 17.3. The molecule has 1 aliphatic carbocycles. The van der Waals surface area contributed by atoms with Gasteiger partial charge in [-0.15, -0.1) is 11.3 Å². The Morgan fingerprint density at radius 3 is 2.56 bits per heavy atom. The first-order chi connectivity index (χ1) is 13.0. The van der Waals surface area contributed by atoms with Crippen LogP contribution in [0.5, 0.6) is 5.75 Å². The molecule has 0 radical (unpaired) electrons. The van der Waals surface area contributed by atoms with Crippen LogP contribution in [0.4, 0.5) is 0 Å². The Balaban J connectivity index is 1.38. The van der Waals surface area contributed by atoms with Gasteiger partial charge >= 0.3 is 0 Å². The number of hydrogen-bond acceptors (Lipinski definition) is 5. The molecule has 1 N–H and O–H groups in total. The first kappa shape index (κ1) is 18.9. The van der Waals surface area contributed by atoms with E-state index in [1.54, 1.807) is 0 Å². The van der Waals surface area contributed by atoms with E-state index in [0.29, 0.717) is 11.8 Å². The molecule has 0 spiro atoms. The third kappa shape index (κ3) is 4.20. The van der Waals surface area contributed by atoms with Gasteiger partial charge in [0.25, 0.3) is 0 Å². The van der Waals surface area contributed by atoms with Crippen molar-refractivity contribution in [3.63, 3.8) is 0 Å². The second kappa shape index (κ2) is 7.90. The molecule has 1 saturated carbocycles. The van der Waals surface area contributed by atoms with Gasteiger partial charge in [0.1, 0.15) is 11.9 Å². The van der Waals surface area contributed by atoms with E-state index in [1.165, 1.54) is 9.75 Å². The van der Waals surface area contributed by atoms with Crippen LogP contribution in [0.15, 0.2) is 24.3 Å². The van der Waals surface area contributed by atoms with Crippen LogP contribution in [0, 0.1) is 25.7 Å². The number of nitrogens with zero attached hydrogens (tertiary/aromatic N) is 2. The highest BCUT2D eigenvalue weighted by molar-refractivity contribution is 7.11. The van der Waals surface area contributed by atoms with Crippen LogP contribution in [0.25, 0.3) is 0 Å². The lowest BCUT2D eigenvalue weighted by Gasteiger charge is -2.35. The molecule has 0 unspecified atom stereocenters. The number of aliphatic hydroxyl groups excluding tert-OH is 1. The summed E-state index contributed by atoms with van der Waals surface area (Å²) in [7, 11) is 0. The fourth-order valence-corrected chi connectivity index (χ4v) is 5.62. The monoisotopic (exact) mass is 386 g/mol. The highest BCUT2D eigenvalue weighted by Crippen LogP contribution is 2.39. The molecule has 0 aromatic carbocycles. The van der Waals surface area contributed by atoms with Crippen molar-refractivity contribution in [1.82, 2.24) is 9.88 Å². The highest BCUT2D eigenvalue weighted by Gasteiger charge is 2.42. The number of ether oxygens (including phenoxy) is 1. The maximum atomic E-state index is 10.7. The molecule has 1 saturated heterocycles. The van der Waals surface area contributed by atoms with Crippen LogP contribution >= 0.6 is 11.3 Å². The summed E-state index contributed by atoms with van der Waals surface area (Å²) in [6, 6.07) is 8.50. The Bertz CT molecular complexity index is 790. The van der Waals surface area contributed by atoms with Crippen LogP contribution in [0.3, 0.4) is 0 Å². The van der Waals surface area contributed by atoms with Gasteiger partial charge in [-0.1, -0.05) is 6.92 Å². The number of fused-ring (bicyclic) bond motifs is 1. The van der Waals surface area contributed by atoms with Crippen LogP contribution in [0.2, 0.25) is 0 Å². The average Bonchev–Trinajstić information content (AvgIpc) is 3.23. The third-order valence-electron chi connectivity index (χ3n) is 6.06. The van der Waals surface area contributed by atoms with Crippen molar-refractivity contribution in [1.29, 1.82) is 0 Å². The van der Waals surface area contributed by atoms with Crippen molar-refractivity contribution in [2.75, 3.05) is 13.1 Å². The number of likely N-dealkylation sites (tertiary alicyclic amines) is 1. The zero-order valence-electron chi connectivity index (χ0n) is 16.5. The van der Waals surface area contributed by atoms with E-state index in [-0.39, 0.29) is 12.2 Å². The lowest BCUT2D eigenvalue weighted by Crippen LogP contribution is -2.42. The summed E-state index contributed by atoms with van der Waals surface area (Å²) in [5.41, 5.74) is 1.90. The number of aliphatic hydroxyl groups is 1. The smallest absolute Gasteiger partial charge is 0.141 e. The Hall–Kier alpha value is -1.43. The van der Waals surface area contributed by atoms with E-state index in [0.717, 1.165) is 56.0 Å². The van der Waals surface area contributed by atoms with Crippen LogP contribution in [-0.2, 0) is 13.0 Å². The number of hydrogen-bond donors (Lipinski definition) is 1. The summed E-state index contributed by atoms with van der Waals surface area (Å²) in [6.07, 6.45) is 2.38. The molecule has 2 aromatic heterocycles. The standard InChI is InChI=1S/C22H30N2O2S/c1-4-18-6-7-19(27-18)13-24-11-16-9-20(25)22(10-17(16)12-24)26-21-8-5-14(2)23-15(21)3/h5-8,16-17,20,22,25H,4,9-13H2,1-3H3/t16-,17+,20+,22+/m0/s1. The van der Waals surface area contributed by atoms with Gasteiger partial charge < -0.3 is 9.84 Å². The lowest BCUT2D eigenvalue weighted by atomic mass is 9.78. The minimum absolute atomic E-state index is 0.122. The molecule has 146 valence electrons. The number of pyridine rings is 1. The van der Waals surface area contributed by atoms with Gasteiger partial charge in [-0.25, -0.2) is 0 Å². The number of aryl methyl sites for hydroxylation is 3. The van der Waals surface area contributed by atoms with Crippen molar-refractivity contribution in [2.45, 2.75) is 58.8 Å². The molecule has 1 aliphatic heterocycles. The first-order valence-corrected chi connectivity index (χ1v) is 10.9. The molecule has 2 aromatic rings. The Morgan fingerprint density at radius 2 is 1.85 bits per heavy atom. The zero-order chi connectivity index (χ0) is 19.0. The molecule has 4 rings (SSSR count). The van der Waals surface area contributed by atoms with Crippen LogP contribution in [0.1, 0.15) is 40.9 Å². The Morgan fingerprint density at radius 1 is 1.11 bits per heavy atom. The van der Waals surface area contributed by atoms with Gasteiger partial charge in [-0.05, 0) is 69.2 Å². The van der Waals surface area contributed by atoms with Gasteiger partial charge in [0.2, 0.25) is 0 Å². The average molecular weight is 387 g/mol. The van der Waals surface area contributed by atoms with E-state index in [1.807, 2.05) is 37.3 Å². The summed E-state index contributed by atoms with van der Waals surface area (Å²) in [4.78, 5) is 9.97. The molecule has 5 heteroatoms. The fourth-order valence-electron chi connectivity index (χ4n) is 4.62. The molecular formula is C22H30N2O2S. The second-order valence-corrected chi connectivity index (χ2v) is 9.42. The molecule has 3 heterocycles. The number of aromatic nitrogens is 1. The second-order valence-electron chi connectivity index (χ2n) is 8.17. The van der Waals surface area contributed by atoms with Gasteiger partial charge in [0.15, 0.2) is 0 Å². The van der Waals surface area contributed by atoms with Crippen molar-refractivity contribution < 1.29 is 9.84 Å². The fraction of sp³-hybridized carbons (Fsp3) is 0.591. The van der Waals surface area contributed by atoms with E-state index >= 15 is 0 Å². The van der Waals surface area contributed by atoms with Gasteiger partial charge in [0.05, 0.1) is 11.8 Å². The summed E-state index contributed by atoms with van der Waals surface area (Å²) >= 11 is 1.94. The maximum Gasteiger partial charge on any atom is 0.141 e. The molecule has 0 amide bonds. The summed E-state index contributed by atoms with van der Waals surface area (Å²) < 4.78 is 6.20. The van der Waals surface area contributed by atoms with Crippen molar-refractivity contribution in [2.24, 2.45) is 11.8 Å². The van der Waals surface area contributed by atoms with Crippen molar-refractivity contribution in [3.05, 3.63) is 45.4 Å². The lowest BCUT2D eigenvalue weighted by molar-refractivity contribution is -0.0236. The van der Waals surface area contributed by atoms with E-state index in [2.05, 4.69) is 28.9 Å². The Labute approximate surface area is 166 Å². The topological polar surface area (TPSA) is 45.6 Å². The Kier molecular flexibility index (Phi) is 5.53. The summed E-state index contributed by atoms with van der Waals surface area (Å²) in [5.74, 6) is 2.01. The largest absolute Gasteiger partial charge is 0.486 e. The maximum absolute atomic E-state index is 10.7. The highest BCUT2D eigenvalue weighted by atomic mass is 32.1. The minimum Gasteiger partial charge on any atom is -0.486 e. The minimum atomic E-state index is -0.389. The van der Waals surface area contributed by atoms with Gasteiger partial charge in [0, 0.05) is 35.1 Å². The summed E-state index contributed by atoms with van der Waals surface area (Å²) in [6.45, 7) is 9.43. The number of thiophene rings is 1. The normalized spacial score (nSPS) is 28.3. The molecular weight excluding hydrogens is 356 g/mol. The molecule has 2 fully saturated rings. The predicted octanol–water partition coefficient (Wildman–Crippen LogP) is 3.97. The first-order valence-electron chi connectivity index (χ1n) is 10.1.